The van der Waals surface area contributed by atoms with Crippen molar-refractivity contribution < 1.29 is 123 Å². The average molecular weight is 2070 g/mol. The van der Waals surface area contributed by atoms with Gasteiger partial charge in [-0.05, 0) is 265 Å². The molecule has 808 valence electrons. The fourth-order valence-corrected chi connectivity index (χ4v) is 21.4. The first-order valence-electron chi connectivity index (χ1n) is 51.8. The fourth-order valence-electron chi connectivity index (χ4n) is 21.0. The van der Waals surface area contributed by atoms with Gasteiger partial charge in [-0.25, -0.2) is 38.4 Å². The number of hydroxylamine groups is 8. The van der Waals surface area contributed by atoms with Crippen LogP contribution in [0.15, 0.2) is 99.8 Å². The molecular weight excluding hydrogens is 1930 g/mol. The van der Waals surface area contributed by atoms with E-state index in [4.69, 9.17) is 63.8 Å². The highest BCUT2D eigenvalue weighted by molar-refractivity contribution is 7.80. The molecule has 45 heteroatoms. The van der Waals surface area contributed by atoms with Crippen LogP contribution in [0.5, 0.6) is 0 Å². The van der Waals surface area contributed by atoms with Gasteiger partial charge in [0.1, 0.15) is 66.6 Å². The van der Waals surface area contributed by atoms with Gasteiger partial charge in [0.2, 0.25) is 29.5 Å². The van der Waals surface area contributed by atoms with Crippen LogP contribution in [0.4, 0.5) is 33.6 Å². The number of hydrogen-bond donors (Lipinski definition) is 9. The second-order valence-electron chi connectivity index (χ2n) is 43.5. The highest BCUT2D eigenvalue weighted by Crippen LogP contribution is 2.44. The summed E-state index contributed by atoms with van der Waals surface area (Å²) in [5, 5.41) is 51.2. The van der Waals surface area contributed by atoms with Gasteiger partial charge in [0.25, 0.3) is 0 Å². The number of rotatable bonds is 26. The maximum Gasteiger partial charge on any atom is 0.418 e. The van der Waals surface area contributed by atoms with Crippen LogP contribution in [-0.2, 0) is 87.2 Å². The Morgan fingerprint density at radius 1 is 0.401 bits per heavy atom. The molecule has 147 heavy (non-hydrogen) atoms. The lowest BCUT2D eigenvalue weighted by Crippen LogP contribution is -2.51. The molecule has 12 amide bonds. The van der Waals surface area contributed by atoms with Crippen LogP contribution in [0.2, 0.25) is 0 Å². The highest BCUT2D eigenvalue weighted by Gasteiger charge is 2.53. The van der Waals surface area contributed by atoms with E-state index < -0.39 is 81.5 Å². The third-order valence-corrected chi connectivity index (χ3v) is 29.3. The first kappa shape index (κ1) is 112. The van der Waals surface area contributed by atoms with Gasteiger partial charge >= 0.3 is 64.7 Å². The Balaban J connectivity index is 0.000000151. The number of hydrogen-bond acceptors (Lipinski definition) is 29. The molecule has 0 radical (unpaired) electrons. The Morgan fingerprint density at radius 3 is 1.10 bits per heavy atom. The summed E-state index contributed by atoms with van der Waals surface area (Å²) in [6, 6.07) is 25.7. The van der Waals surface area contributed by atoms with Crippen LogP contribution in [0.1, 0.15) is 313 Å². The number of piperidine rings is 4. The van der Waals surface area contributed by atoms with E-state index in [1.807, 2.05) is 158 Å². The monoisotopic (exact) mass is 2070 g/mol. The van der Waals surface area contributed by atoms with E-state index in [-0.39, 0.29) is 140 Å². The lowest BCUT2D eigenvalue weighted by atomic mass is 9.83. The predicted molar refractivity (Wildman–Crippen MR) is 528 cm³/mol. The number of ether oxygens (including phenoxy) is 3. The summed E-state index contributed by atoms with van der Waals surface area (Å²) >= 11 is 0. The molecule has 8 saturated heterocycles. The van der Waals surface area contributed by atoms with Gasteiger partial charge in [-0.3, -0.25) is 38.2 Å². The summed E-state index contributed by atoms with van der Waals surface area (Å²) in [5.74, 6) is 1.37. The number of urea groups is 4. The second-order valence-corrected chi connectivity index (χ2v) is 44.5. The molecule has 8 bridgehead atoms. The van der Waals surface area contributed by atoms with Crippen LogP contribution in [0, 0.1) is 23.7 Å². The minimum atomic E-state index is -4.76. The van der Waals surface area contributed by atoms with Crippen LogP contribution >= 0.6 is 0 Å². The summed E-state index contributed by atoms with van der Waals surface area (Å²) in [6.07, 6.45) is 20.7. The summed E-state index contributed by atoms with van der Waals surface area (Å²) in [5.41, 5.74) is 12.7. The molecule has 44 nitrogen and oxygen atoms in total. The molecule has 8 aliphatic heterocycles. The molecule has 18 rings (SSSR count). The molecule has 2 aromatic heterocycles. The molecule has 5 saturated carbocycles. The number of aliphatic carboxylic acids is 2. The van der Waals surface area contributed by atoms with Crippen LogP contribution in [0.3, 0.4) is 0 Å². The normalized spacial score (nSPS) is 27.3. The fraction of sp³-hybridized carbons (Fsp3) is 0.667. The lowest BCUT2D eigenvalue weighted by molar-refractivity contribution is -0.144. The maximum absolute atomic E-state index is 13.0. The van der Waals surface area contributed by atoms with Crippen molar-refractivity contribution in [1.82, 2.24) is 81.5 Å². The number of Topliss-reactive ketones (excluding diaryl/α,β-unsaturated/α-hetero) is 2. The molecule has 13 aliphatic rings. The molecule has 11 N–H and O–H groups in total. The number of fused-ring (bicyclic) bond motifs is 8. The number of nitrogens with two attached hydrogens (primary N) is 2. The number of nitrogens with zero attached hydrogens (tertiary/aromatic N) is 12. The van der Waals surface area contributed by atoms with E-state index in [2.05, 4.69) is 52.9 Å². The van der Waals surface area contributed by atoms with Crippen molar-refractivity contribution in [2.75, 3.05) is 39.3 Å². The van der Waals surface area contributed by atoms with Crippen molar-refractivity contribution in [2.45, 2.75) is 370 Å². The van der Waals surface area contributed by atoms with Gasteiger partial charge in [-0.1, -0.05) is 97.9 Å². The molecule has 0 spiro atoms. The zero-order valence-electron chi connectivity index (χ0n) is 85.9. The minimum Gasteiger partial charge on any atom is -0.481 e. The van der Waals surface area contributed by atoms with Gasteiger partial charge < -0.3 is 85.6 Å². The zero-order chi connectivity index (χ0) is 106. The number of carbonyl (C=O) groups is 12. The van der Waals surface area contributed by atoms with Crippen LogP contribution in [-0.4, -0.2) is 272 Å². The first-order valence-corrected chi connectivity index (χ1v) is 53.2. The van der Waals surface area contributed by atoms with Gasteiger partial charge in [0.05, 0.1) is 43.2 Å². The first-order chi connectivity index (χ1) is 69.9. The Bertz CT molecular complexity index is 5360. The standard InChI is InChI=1S/C27H38N4O6.C22H28N4O3.C14H21N5O6S.C14H16N2O4.C13H24N2O3.C12H21NO4/c1-27(2,3)37-25(34)29-20-11-9-19(10-12-20)23(32)15-28-24(33)22-14-13-21-16-30(22)26(35)31(21)36-17-18-7-5-4-6-8-18;1-15-7-9-17(10-8-15)20-23-24-21(29-20)19-12-11-18-13-25(19)22(27)26(18)28-14-16-5-3-2-4-6-16;15-9-3-1-8(2-4-9)12-16-17-13(24-12)11-6-5-10-7-18(11)14(20)19(10)25-26(21,22)23;17-13(18)12-7-6-11-8-15(12)14(19)16(11)20-9-10-4-2-1-3-5-10;1-13(2,3)18-12(17)15-10-6-4-9(5-7-10)11(16)8-14;1-12(2,3)17-11(16)13-9-6-4-8(5-7-9)10(14)15/h4-8,19-22H,9-17H2,1-3H3,(H,28,33)(H,29,34);2-6,15,17-19H,7-14H2,1H3;8-11H,1-7,15H2,(H,21,22,23);1-5,11-12H,6-9H2,(H,17,18);9-10H,4-8,14H2,1-3H3,(H,15,17);8-9H,4-7H2,1-3H3,(H,13,16)(H,14,15)/t19?,20?,21-,22+;15?,17?,18-,19+;8?,9?,10-,11+;11-,12+;;/m1111../s1. The van der Waals surface area contributed by atoms with Crippen molar-refractivity contribution in [1.29, 1.82) is 0 Å². The quantitative estimate of drug-likeness (QED) is 0.0183. The number of carboxylic acid groups (broad SMARTS) is 2. The van der Waals surface area contributed by atoms with Gasteiger partial charge in [-0.15, -0.1) is 24.7 Å². The largest absolute Gasteiger partial charge is 0.481 e. The lowest BCUT2D eigenvalue weighted by Gasteiger charge is -2.30. The second kappa shape index (κ2) is 51.0. The van der Waals surface area contributed by atoms with Crippen LogP contribution in [0.25, 0.3) is 0 Å². The average Bonchev–Trinajstić information content (AvgIpc) is 1.64. The van der Waals surface area contributed by atoms with Crippen molar-refractivity contribution >= 4 is 82.2 Å². The third-order valence-electron chi connectivity index (χ3n) is 28.9. The molecule has 13 fully saturated rings. The van der Waals surface area contributed by atoms with E-state index in [1.165, 1.54) is 32.8 Å². The number of amides is 12. The number of carbonyl (C=O) groups excluding carboxylic acids is 10. The molecule has 3 aromatic carbocycles. The number of benzene rings is 3. The van der Waals surface area contributed by atoms with Crippen LogP contribution < -0.4 is 32.7 Å². The Labute approximate surface area is 857 Å². The minimum absolute atomic E-state index is 0.0154. The number of carboxylic acids is 2. The zero-order valence-corrected chi connectivity index (χ0v) is 86.7. The van der Waals surface area contributed by atoms with Gasteiger partial charge in [0, 0.05) is 74.0 Å². The van der Waals surface area contributed by atoms with E-state index in [0.717, 1.165) is 106 Å². The van der Waals surface area contributed by atoms with E-state index >= 15 is 0 Å². The summed E-state index contributed by atoms with van der Waals surface area (Å²) in [6.45, 7) is 21.6. The van der Waals surface area contributed by atoms with E-state index in [1.54, 1.807) is 9.96 Å². The topological polar surface area (TPSA) is 568 Å². The molecule has 0 unspecified atom stereocenters. The molecule has 8 atom stereocenters. The molecule has 10 heterocycles. The highest BCUT2D eigenvalue weighted by atomic mass is 32.3. The number of nitrogens with one attached hydrogen (secondary N) is 4. The molecule has 5 aliphatic carbocycles. The number of aromatic nitrogens is 4. The van der Waals surface area contributed by atoms with Gasteiger partial charge in [0.15, 0.2) is 5.78 Å². The molecule has 5 aromatic rings. The summed E-state index contributed by atoms with van der Waals surface area (Å²) in [7, 11) is -4.76. The van der Waals surface area contributed by atoms with E-state index in [0.29, 0.717) is 151 Å². The Hall–Kier alpha value is -11.7. The Morgan fingerprint density at radius 2 is 0.728 bits per heavy atom. The summed E-state index contributed by atoms with van der Waals surface area (Å²) in [4.78, 5) is 168. The Kier molecular flexibility index (Phi) is 39.0. The number of alkyl carbamates (subject to hydrolysis) is 3. The SMILES string of the molecule is CC(C)(C)OC(=O)NC1CCC(C(=O)CN)CC1.CC(C)(C)OC(=O)NC1CCC(C(=O)CNC(=O)[C@@H]2CC[C@@H]3CN2C(=O)N3OCc2ccccc2)CC1.CC(C)(C)OC(=O)NC1CCC(C(=O)O)CC1.CC1CCC(c2nnc([C@@H]3CC[C@@H]4CN3C(=O)N4OCc3ccccc3)o2)CC1.NC1CCC(c2nnc([C@@H]3CC[C@@H]4CN3C(=O)N4OS(=O)(=O)O)o2)CC1.O=C(O)[C@@H]1CC[C@@H]2CN1C(=O)N2OCc1ccccc1. The van der Waals surface area contributed by atoms with Crippen molar-refractivity contribution in [3.05, 3.63) is 131 Å². The molecular formula is C102H148N18O26S. The third kappa shape index (κ3) is 32.1. The van der Waals surface area contributed by atoms with Crippen molar-refractivity contribution in [2.24, 2.45) is 35.1 Å². The van der Waals surface area contributed by atoms with E-state index in [9.17, 15) is 66.0 Å². The summed E-state index contributed by atoms with van der Waals surface area (Å²) < 4.78 is 62.7. The van der Waals surface area contributed by atoms with Gasteiger partial charge in [-0.2, -0.15) is 28.7 Å². The smallest absolute Gasteiger partial charge is 0.418 e. The van der Waals surface area contributed by atoms with Crippen molar-refractivity contribution in [3.8, 4) is 0 Å². The number of ketones is 2. The predicted octanol–water partition coefficient (Wildman–Crippen LogP) is 13.5. The maximum atomic E-state index is 13.0. The van der Waals surface area contributed by atoms with Crippen molar-refractivity contribution in [3.63, 3.8) is 0 Å².